The fourth-order valence-electron chi connectivity index (χ4n) is 2.60. The number of benzene rings is 1. The van der Waals surface area contributed by atoms with Crippen LogP contribution in [0.5, 0.6) is 17.2 Å². The molecule has 0 saturated heterocycles. The van der Waals surface area contributed by atoms with Crippen LogP contribution in [0.3, 0.4) is 0 Å². The van der Waals surface area contributed by atoms with Crippen molar-refractivity contribution in [3.63, 3.8) is 0 Å². The van der Waals surface area contributed by atoms with Gasteiger partial charge in [-0.2, -0.15) is 4.98 Å². The number of ether oxygens (including phenoxy) is 3. The third-order valence-electron chi connectivity index (χ3n) is 4.04. The van der Waals surface area contributed by atoms with Crippen LogP contribution in [0.2, 0.25) is 0 Å². The zero-order chi connectivity index (χ0) is 19.9. The minimum atomic E-state index is -0.132. The smallest absolute Gasteiger partial charge is 0.227 e. The fraction of sp³-hybridized carbons (Fsp3) is 0.316. The third kappa shape index (κ3) is 4.61. The van der Waals surface area contributed by atoms with E-state index >= 15 is 0 Å². The van der Waals surface area contributed by atoms with Crippen LogP contribution in [0.15, 0.2) is 34.2 Å². The summed E-state index contributed by atoms with van der Waals surface area (Å²) >= 11 is 1.53. The Morgan fingerprint density at radius 3 is 2.57 bits per heavy atom. The lowest BCUT2D eigenvalue weighted by atomic mass is 10.1. The Kier molecular flexibility index (Phi) is 6.49. The average Bonchev–Trinajstić information content (AvgIpc) is 3.41. The van der Waals surface area contributed by atoms with Gasteiger partial charge in [-0.05, 0) is 17.5 Å². The number of hydrogen-bond acceptors (Lipinski definition) is 8. The van der Waals surface area contributed by atoms with Crippen molar-refractivity contribution in [3.05, 3.63) is 41.1 Å². The molecule has 0 aliphatic heterocycles. The number of nitrogens with one attached hydrogen (secondary N) is 1. The number of methoxy groups -OCH3 is 3. The first kappa shape index (κ1) is 19.7. The van der Waals surface area contributed by atoms with E-state index in [0.29, 0.717) is 41.9 Å². The quantitative estimate of drug-likeness (QED) is 0.586. The highest BCUT2D eigenvalue weighted by atomic mass is 32.1. The maximum Gasteiger partial charge on any atom is 0.227 e. The van der Waals surface area contributed by atoms with Crippen molar-refractivity contribution in [2.45, 2.75) is 19.4 Å². The van der Waals surface area contributed by atoms with Crippen LogP contribution < -0.4 is 19.5 Å². The van der Waals surface area contributed by atoms with Crippen LogP contribution in [0.25, 0.3) is 10.7 Å². The predicted octanol–water partition coefficient (Wildman–Crippen LogP) is 3.07. The highest BCUT2D eigenvalue weighted by Crippen LogP contribution is 2.34. The van der Waals surface area contributed by atoms with Gasteiger partial charge in [0.2, 0.25) is 17.6 Å². The molecule has 0 aliphatic carbocycles. The normalized spacial score (nSPS) is 10.5. The molecule has 0 atom stereocenters. The summed E-state index contributed by atoms with van der Waals surface area (Å²) in [7, 11) is 4.68. The Morgan fingerprint density at radius 2 is 1.89 bits per heavy atom. The van der Waals surface area contributed by atoms with E-state index in [1.807, 2.05) is 17.5 Å². The molecule has 0 unspecified atom stereocenters. The summed E-state index contributed by atoms with van der Waals surface area (Å²) in [6.45, 7) is 0.298. The van der Waals surface area contributed by atoms with E-state index in [0.717, 1.165) is 10.4 Å². The molecule has 8 nitrogen and oxygen atoms in total. The molecule has 148 valence electrons. The molecular formula is C19H21N3O5S. The number of hydrogen-bond donors (Lipinski definition) is 1. The van der Waals surface area contributed by atoms with Crippen molar-refractivity contribution in [1.29, 1.82) is 0 Å². The number of nitrogens with zero attached hydrogens (tertiary/aromatic N) is 2. The lowest BCUT2D eigenvalue weighted by Gasteiger charge is -2.14. The lowest BCUT2D eigenvalue weighted by Crippen LogP contribution is -2.23. The molecule has 0 radical (unpaired) electrons. The van der Waals surface area contributed by atoms with Gasteiger partial charge in [0, 0.05) is 31.0 Å². The summed E-state index contributed by atoms with van der Waals surface area (Å²) in [4.78, 5) is 17.5. The Labute approximate surface area is 166 Å². The number of aryl methyl sites for hydroxylation is 1. The highest BCUT2D eigenvalue weighted by molar-refractivity contribution is 7.13. The van der Waals surface area contributed by atoms with Gasteiger partial charge in [0.05, 0.1) is 26.2 Å². The van der Waals surface area contributed by atoms with Gasteiger partial charge >= 0.3 is 0 Å². The van der Waals surface area contributed by atoms with Gasteiger partial charge in [-0.1, -0.05) is 11.2 Å². The van der Waals surface area contributed by atoms with Crippen molar-refractivity contribution < 1.29 is 23.5 Å². The second kappa shape index (κ2) is 9.23. The van der Waals surface area contributed by atoms with E-state index in [4.69, 9.17) is 18.7 Å². The average molecular weight is 403 g/mol. The standard InChI is InChI=1S/C19H21N3O5S/c1-24-13-10-15(26-3)14(25-2)9-12(13)11-20-17(23)6-7-18-21-19(22-27-18)16-5-4-8-28-16/h4-5,8-10H,6-7,11H2,1-3H3,(H,20,23). The number of amides is 1. The SMILES string of the molecule is COc1cc(OC)c(OC)cc1CNC(=O)CCc1nc(-c2cccs2)no1. The van der Waals surface area contributed by atoms with Gasteiger partial charge in [-0.3, -0.25) is 4.79 Å². The van der Waals surface area contributed by atoms with E-state index in [9.17, 15) is 4.79 Å². The van der Waals surface area contributed by atoms with Crippen LogP contribution in [0.4, 0.5) is 0 Å². The van der Waals surface area contributed by atoms with Gasteiger partial charge in [0.25, 0.3) is 0 Å². The van der Waals surface area contributed by atoms with E-state index in [2.05, 4.69) is 15.5 Å². The van der Waals surface area contributed by atoms with Gasteiger partial charge in [-0.25, -0.2) is 0 Å². The summed E-state index contributed by atoms with van der Waals surface area (Å²) < 4.78 is 21.1. The Balaban J connectivity index is 1.56. The molecule has 0 aliphatic rings. The zero-order valence-corrected chi connectivity index (χ0v) is 16.7. The lowest BCUT2D eigenvalue weighted by molar-refractivity contribution is -0.121. The largest absolute Gasteiger partial charge is 0.496 e. The van der Waals surface area contributed by atoms with E-state index in [-0.39, 0.29) is 12.3 Å². The van der Waals surface area contributed by atoms with Crippen molar-refractivity contribution >= 4 is 17.2 Å². The van der Waals surface area contributed by atoms with Crippen LogP contribution >= 0.6 is 11.3 Å². The molecule has 2 heterocycles. The van der Waals surface area contributed by atoms with Crippen molar-refractivity contribution in [2.24, 2.45) is 0 Å². The fourth-order valence-corrected chi connectivity index (χ4v) is 3.24. The number of thiophene rings is 1. The van der Waals surface area contributed by atoms with Crippen LogP contribution in [-0.2, 0) is 17.8 Å². The van der Waals surface area contributed by atoms with Crippen molar-refractivity contribution in [2.75, 3.05) is 21.3 Å². The molecule has 2 aromatic heterocycles. The van der Waals surface area contributed by atoms with E-state index < -0.39 is 0 Å². The first-order valence-corrected chi connectivity index (χ1v) is 9.44. The van der Waals surface area contributed by atoms with Crippen molar-refractivity contribution in [1.82, 2.24) is 15.5 Å². The number of carbonyl (C=O) groups is 1. The topological polar surface area (TPSA) is 95.7 Å². The molecule has 0 fully saturated rings. The van der Waals surface area contributed by atoms with Crippen LogP contribution in [0, 0.1) is 0 Å². The third-order valence-corrected chi connectivity index (χ3v) is 4.90. The summed E-state index contributed by atoms with van der Waals surface area (Å²) in [5.74, 6) is 2.58. The Hall–Kier alpha value is -3.07. The molecule has 0 saturated carbocycles. The molecule has 0 bridgehead atoms. The molecule has 1 N–H and O–H groups in total. The molecule has 3 aromatic rings. The van der Waals surface area contributed by atoms with E-state index in [1.54, 1.807) is 33.5 Å². The monoisotopic (exact) mass is 403 g/mol. The molecule has 1 aromatic carbocycles. The minimum absolute atomic E-state index is 0.132. The predicted molar refractivity (Wildman–Crippen MR) is 104 cm³/mol. The van der Waals surface area contributed by atoms with E-state index in [1.165, 1.54) is 11.3 Å². The second-order valence-corrected chi connectivity index (χ2v) is 6.73. The molecule has 9 heteroatoms. The number of rotatable bonds is 9. The first-order chi connectivity index (χ1) is 13.6. The molecule has 3 rings (SSSR count). The maximum absolute atomic E-state index is 12.2. The highest BCUT2D eigenvalue weighted by Gasteiger charge is 2.14. The Bertz CT molecular complexity index is 924. The molecule has 28 heavy (non-hydrogen) atoms. The summed E-state index contributed by atoms with van der Waals surface area (Å²) in [6, 6.07) is 7.35. The Morgan fingerprint density at radius 1 is 1.14 bits per heavy atom. The van der Waals surface area contributed by atoms with Crippen LogP contribution in [0.1, 0.15) is 17.9 Å². The summed E-state index contributed by atoms with van der Waals surface area (Å²) in [5, 5.41) is 8.75. The van der Waals surface area contributed by atoms with Crippen molar-refractivity contribution in [3.8, 4) is 28.0 Å². The van der Waals surface area contributed by atoms with Crippen LogP contribution in [-0.4, -0.2) is 37.4 Å². The second-order valence-electron chi connectivity index (χ2n) is 5.78. The minimum Gasteiger partial charge on any atom is -0.496 e. The first-order valence-electron chi connectivity index (χ1n) is 8.56. The van der Waals surface area contributed by atoms with Gasteiger partial charge in [0.1, 0.15) is 5.75 Å². The molecule has 0 spiro atoms. The zero-order valence-electron chi connectivity index (χ0n) is 15.9. The number of carbonyl (C=O) groups excluding carboxylic acids is 1. The number of aromatic nitrogens is 2. The maximum atomic E-state index is 12.2. The van der Waals surface area contributed by atoms with Gasteiger partial charge < -0.3 is 24.1 Å². The summed E-state index contributed by atoms with van der Waals surface area (Å²) in [5.41, 5.74) is 0.784. The molecule has 1 amide bonds. The summed E-state index contributed by atoms with van der Waals surface area (Å²) in [6.07, 6.45) is 0.606. The molecular weight excluding hydrogens is 382 g/mol. The van der Waals surface area contributed by atoms with Gasteiger partial charge in [0.15, 0.2) is 11.5 Å². The van der Waals surface area contributed by atoms with Gasteiger partial charge in [-0.15, -0.1) is 11.3 Å².